The smallest absolute Gasteiger partial charge is 0.143 e. The molecular weight excluding hydrogens is 301 g/mol. The summed E-state index contributed by atoms with van der Waals surface area (Å²) >= 11 is 0. The Kier molecular flexibility index (Phi) is 4.15. The Morgan fingerprint density at radius 1 is 1.00 bits per heavy atom. The highest BCUT2D eigenvalue weighted by atomic mass is 19.1. The predicted octanol–water partition coefficient (Wildman–Crippen LogP) is 4.64. The predicted molar refractivity (Wildman–Crippen MR) is 92.4 cm³/mol. The minimum atomic E-state index is -0.175. The molecule has 1 unspecified atom stereocenters. The summed E-state index contributed by atoms with van der Waals surface area (Å²) < 4.78 is 15.8. The first-order valence-corrected chi connectivity index (χ1v) is 9.38. The highest BCUT2D eigenvalue weighted by Gasteiger charge is 2.44. The zero-order valence-corrected chi connectivity index (χ0v) is 14.5. The van der Waals surface area contributed by atoms with E-state index >= 15 is 0 Å². The van der Waals surface area contributed by atoms with E-state index in [1.54, 1.807) is 12.1 Å². The largest absolute Gasteiger partial charge is 0.314 e. The summed E-state index contributed by atoms with van der Waals surface area (Å²) in [5.74, 6) is 2.63. The van der Waals surface area contributed by atoms with Crippen LogP contribution in [0.5, 0.6) is 0 Å². The van der Waals surface area contributed by atoms with Crippen LogP contribution in [-0.2, 0) is 18.4 Å². The van der Waals surface area contributed by atoms with Gasteiger partial charge in [0.25, 0.3) is 0 Å². The molecule has 0 saturated heterocycles. The van der Waals surface area contributed by atoms with E-state index in [4.69, 9.17) is 0 Å². The lowest BCUT2D eigenvalue weighted by atomic mass is 9.62. The van der Waals surface area contributed by atoms with E-state index in [0.29, 0.717) is 5.92 Å². The Morgan fingerprint density at radius 2 is 1.75 bits per heavy atom. The van der Waals surface area contributed by atoms with Gasteiger partial charge in [-0.15, -0.1) is 10.2 Å². The molecule has 1 atom stereocenters. The van der Waals surface area contributed by atoms with Crippen molar-refractivity contribution in [3.63, 3.8) is 0 Å². The molecule has 1 aliphatic carbocycles. The van der Waals surface area contributed by atoms with E-state index in [2.05, 4.69) is 21.7 Å². The molecule has 24 heavy (non-hydrogen) atoms. The van der Waals surface area contributed by atoms with Crippen molar-refractivity contribution in [2.75, 3.05) is 0 Å². The minimum absolute atomic E-state index is 0.170. The molecule has 1 saturated carbocycles. The first kappa shape index (κ1) is 15.8. The van der Waals surface area contributed by atoms with Crippen LogP contribution in [0.2, 0.25) is 0 Å². The van der Waals surface area contributed by atoms with Gasteiger partial charge >= 0.3 is 0 Å². The Hall–Kier alpha value is -1.71. The monoisotopic (exact) mass is 327 g/mol. The minimum Gasteiger partial charge on any atom is -0.314 e. The lowest BCUT2D eigenvalue weighted by Crippen LogP contribution is -2.40. The third-order valence-corrected chi connectivity index (χ3v) is 6.19. The number of nitrogens with zero attached hydrogens (tertiary/aromatic N) is 3. The number of rotatable bonds is 3. The van der Waals surface area contributed by atoms with Gasteiger partial charge in [0.05, 0.1) is 5.41 Å². The van der Waals surface area contributed by atoms with E-state index < -0.39 is 0 Å². The zero-order valence-electron chi connectivity index (χ0n) is 14.5. The standard InChI is InChI=1S/C20H26FN3/c1-20(15-7-6-8-15,16-10-12-17(21)13-11-16)19-23-22-18-9-4-2-3-5-14-24(18)19/h10-13,15H,2-9,14H2,1H3. The Morgan fingerprint density at radius 3 is 2.46 bits per heavy atom. The molecule has 1 aromatic carbocycles. The number of hydrogen-bond donors (Lipinski definition) is 0. The number of halogens is 1. The maximum atomic E-state index is 13.5. The van der Waals surface area contributed by atoms with Crippen molar-refractivity contribution in [1.29, 1.82) is 0 Å². The molecule has 0 N–H and O–H groups in total. The highest BCUT2D eigenvalue weighted by Crippen LogP contribution is 2.48. The summed E-state index contributed by atoms with van der Waals surface area (Å²) in [4.78, 5) is 0. The van der Waals surface area contributed by atoms with Crippen LogP contribution in [0.3, 0.4) is 0 Å². The van der Waals surface area contributed by atoms with Crippen LogP contribution in [0.1, 0.15) is 69.1 Å². The van der Waals surface area contributed by atoms with Gasteiger partial charge in [-0.05, 0) is 56.2 Å². The topological polar surface area (TPSA) is 30.7 Å². The Bertz CT molecular complexity index is 702. The lowest BCUT2D eigenvalue weighted by Gasteiger charge is -2.43. The third kappa shape index (κ3) is 2.56. The van der Waals surface area contributed by atoms with Crippen molar-refractivity contribution in [2.45, 2.75) is 70.3 Å². The van der Waals surface area contributed by atoms with E-state index in [1.165, 1.54) is 50.5 Å². The third-order valence-electron chi connectivity index (χ3n) is 6.19. The van der Waals surface area contributed by atoms with Crippen LogP contribution >= 0.6 is 0 Å². The normalized spacial score (nSPS) is 21.2. The highest BCUT2D eigenvalue weighted by molar-refractivity contribution is 5.35. The molecule has 2 aliphatic rings. The van der Waals surface area contributed by atoms with Crippen LogP contribution in [0.25, 0.3) is 0 Å². The van der Waals surface area contributed by atoms with Crippen molar-refractivity contribution in [2.24, 2.45) is 5.92 Å². The van der Waals surface area contributed by atoms with Crippen molar-refractivity contribution >= 4 is 0 Å². The fourth-order valence-electron chi connectivity index (χ4n) is 4.38. The molecule has 4 rings (SSSR count). The van der Waals surface area contributed by atoms with Gasteiger partial charge in [0.1, 0.15) is 17.5 Å². The van der Waals surface area contributed by atoms with Gasteiger partial charge < -0.3 is 4.57 Å². The zero-order chi connectivity index (χ0) is 16.6. The van der Waals surface area contributed by atoms with Gasteiger partial charge in [-0.1, -0.05) is 31.4 Å². The van der Waals surface area contributed by atoms with Crippen molar-refractivity contribution in [1.82, 2.24) is 14.8 Å². The van der Waals surface area contributed by atoms with Crippen LogP contribution in [0.4, 0.5) is 4.39 Å². The Labute approximate surface area is 143 Å². The molecule has 128 valence electrons. The van der Waals surface area contributed by atoms with E-state index in [0.717, 1.165) is 24.6 Å². The Balaban J connectivity index is 1.81. The number of aryl methyl sites for hydroxylation is 1. The lowest BCUT2D eigenvalue weighted by molar-refractivity contribution is 0.197. The van der Waals surface area contributed by atoms with E-state index in [9.17, 15) is 4.39 Å². The summed E-state index contributed by atoms with van der Waals surface area (Å²) in [6.45, 7) is 3.31. The number of fused-ring (bicyclic) bond motifs is 1. The number of aromatic nitrogens is 3. The molecule has 1 fully saturated rings. The maximum Gasteiger partial charge on any atom is 0.143 e. The van der Waals surface area contributed by atoms with E-state index in [1.807, 2.05) is 12.1 Å². The summed E-state index contributed by atoms with van der Waals surface area (Å²) in [5.41, 5.74) is 1.00. The van der Waals surface area contributed by atoms with Crippen LogP contribution in [-0.4, -0.2) is 14.8 Å². The van der Waals surface area contributed by atoms with Gasteiger partial charge in [-0.2, -0.15) is 0 Å². The van der Waals surface area contributed by atoms with Gasteiger partial charge in [0.15, 0.2) is 0 Å². The summed E-state index contributed by atoms with van der Waals surface area (Å²) in [7, 11) is 0. The second-order valence-electron chi connectivity index (χ2n) is 7.59. The fraction of sp³-hybridized carbons (Fsp3) is 0.600. The quantitative estimate of drug-likeness (QED) is 0.822. The molecule has 3 nitrogen and oxygen atoms in total. The molecule has 2 heterocycles. The average molecular weight is 327 g/mol. The van der Waals surface area contributed by atoms with Crippen LogP contribution in [0, 0.1) is 11.7 Å². The molecule has 4 heteroatoms. The average Bonchev–Trinajstić information content (AvgIpc) is 2.88. The first-order valence-electron chi connectivity index (χ1n) is 9.38. The molecule has 0 bridgehead atoms. The number of hydrogen-bond acceptors (Lipinski definition) is 2. The molecular formula is C20H26FN3. The van der Waals surface area contributed by atoms with Crippen molar-refractivity contribution < 1.29 is 4.39 Å². The van der Waals surface area contributed by atoms with Crippen LogP contribution in [0.15, 0.2) is 24.3 Å². The van der Waals surface area contributed by atoms with Gasteiger partial charge in [-0.3, -0.25) is 0 Å². The second kappa shape index (κ2) is 6.30. The molecule has 0 radical (unpaired) electrons. The fourth-order valence-corrected chi connectivity index (χ4v) is 4.38. The maximum absolute atomic E-state index is 13.5. The number of benzene rings is 1. The first-order chi connectivity index (χ1) is 11.7. The molecule has 1 aromatic heterocycles. The summed E-state index contributed by atoms with van der Waals surface area (Å²) in [6.07, 6.45) is 9.72. The molecule has 0 amide bonds. The molecule has 2 aromatic rings. The van der Waals surface area contributed by atoms with Gasteiger partial charge in [0, 0.05) is 13.0 Å². The molecule has 1 aliphatic heterocycles. The summed E-state index contributed by atoms with van der Waals surface area (Å²) in [5, 5.41) is 9.22. The second-order valence-corrected chi connectivity index (χ2v) is 7.59. The van der Waals surface area contributed by atoms with Crippen molar-refractivity contribution in [3.8, 4) is 0 Å². The summed E-state index contributed by atoms with van der Waals surface area (Å²) in [6, 6.07) is 7.05. The molecule has 0 spiro atoms. The SMILES string of the molecule is CC(c1ccc(F)cc1)(c1nnc2n1CCCCCC2)C1CCC1. The van der Waals surface area contributed by atoms with Gasteiger partial charge in [0.2, 0.25) is 0 Å². The van der Waals surface area contributed by atoms with E-state index in [-0.39, 0.29) is 11.2 Å². The van der Waals surface area contributed by atoms with Crippen LogP contribution < -0.4 is 0 Å². The van der Waals surface area contributed by atoms with Crippen molar-refractivity contribution in [3.05, 3.63) is 47.3 Å². The van der Waals surface area contributed by atoms with Gasteiger partial charge in [-0.25, -0.2) is 4.39 Å².